The van der Waals surface area contributed by atoms with E-state index in [1.165, 1.54) is 23.9 Å². The van der Waals surface area contributed by atoms with Gasteiger partial charge in [0.05, 0.1) is 39.1 Å². The number of carbonyl (C=O) groups is 2. The van der Waals surface area contributed by atoms with Crippen molar-refractivity contribution >= 4 is 39.2 Å². The minimum atomic E-state index is -4.30. The van der Waals surface area contributed by atoms with Crippen LogP contribution in [-0.4, -0.2) is 73.5 Å². The van der Waals surface area contributed by atoms with E-state index in [0.717, 1.165) is 10.4 Å². The third-order valence-electron chi connectivity index (χ3n) is 6.75. The number of nitrogens with zero attached hydrogens (tertiary/aromatic N) is 4. The highest BCUT2D eigenvalue weighted by molar-refractivity contribution is 7.92. The normalized spacial score (nSPS) is 17.5. The van der Waals surface area contributed by atoms with Gasteiger partial charge in [-0.25, -0.2) is 17.9 Å². The standard InChI is InChI=1S/C27H31ClN4O7S/c1-17-14-31(15-18(2)39-17)24(33)16-38-27(35)22-13-21(11-12-23(22)28)40(36,37)30(5)25-19(3)29(4)32(26(25)34)20-9-7-6-8-10-20/h6-13,17-18H,14-16H2,1-5H3. The lowest BCUT2D eigenvalue weighted by molar-refractivity contribution is -0.146. The van der Waals surface area contributed by atoms with Gasteiger partial charge < -0.3 is 14.4 Å². The topological polar surface area (TPSA) is 120 Å². The molecule has 1 aliphatic rings. The number of carbonyl (C=O) groups excluding carboxylic acids is 2. The van der Waals surface area contributed by atoms with Gasteiger partial charge in [0.25, 0.3) is 21.5 Å². The van der Waals surface area contributed by atoms with E-state index in [2.05, 4.69) is 0 Å². The first-order chi connectivity index (χ1) is 18.8. The smallest absolute Gasteiger partial charge is 0.340 e. The van der Waals surface area contributed by atoms with Crippen molar-refractivity contribution in [1.82, 2.24) is 14.3 Å². The average Bonchev–Trinajstić information content (AvgIpc) is 3.13. The van der Waals surface area contributed by atoms with Crippen molar-refractivity contribution < 1.29 is 27.5 Å². The SMILES string of the molecule is Cc1c(N(C)S(=O)(=O)c2ccc(Cl)c(C(=O)OCC(=O)N3CC(C)OC(C)C3)c2)c(=O)n(-c2ccccc2)n1C. The number of ether oxygens (including phenoxy) is 2. The van der Waals surface area contributed by atoms with Crippen LogP contribution in [0.15, 0.2) is 58.2 Å². The summed E-state index contributed by atoms with van der Waals surface area (Å²) in [4.78, 5) is 40.1. The van der Waals surface area contributed by atoms with E-state index < -0.39 is 34.1 Å². The summed E-state index contributed by atoms with van der Waals surface area (Å²) in [6.07, 6.45) is -0.302. The van der Waals surface area contributed by atoms with Gasteiger partial charge in [-0.15, -0.1) is 0 Å². The van der Waals surface area contributed by atoms with E-state index in [9.17, 15) is 22.8 Å². The molecule has 2 atom stereocenters. The highest BCUT2D eigenvalue weighted by Gasteiger charge is 2.31. The van der Waals surface area contributed by atoms with E-state index >= 15 is 0 Å². The summed E-state index contributed by atoms with van der Waals surface area (Å²) in [5.74, 6) is -1.35. The summed E-state index contributed by atoms with van der Waals surface area (Å²) in [6, 6.07) is 12.4. The predicted molar refractivity (Wildman–Crippen MR) is 150 cm³/mol. The van der Waals surface area contributed by atoms with Gasteiger partial charge in [-0.1, -0.05) is 29.8 Å². The zero-order valence-electron chi connectivity index (χ0n) is 22.8. The van der Waals surface area contributed by atoms with Crippen LogP contribution in [0.1, 0.15) is 29.9 Å². The largest absolute Gasteiger partial charge is 0.452 e. The number of anilines is 1. The van der Waals surface area contributed by atoms with Gasteiger partial charge >= 0.3 is 5.97 Å². The van der Waals surface area contributed by atoms with Gasteiger partial charge in [0.1, 0.15) is 5.69 Å². The maximum absolute atomic E-state index is 13.6. The zero-order valence-corrected chi connectivity index (χ0v) is 24.4. The summed E-state index contributed by atoms with van der Waals surface area (Å²) in [6.45, 7) is 5.53. The van der Waals surface area contributed by atoms with Gasteiger partial charge in [0.2, 0.25) is 0 Å². The van der Waals surface area contributed by atoms with Crippen molar-refractivity contribution in [2.45, 2.75) is 37.9 Å². The molecule has 1 fully saturated rings. The van der Waals surface area contributed by atoms with Gasteiger partial charge in [-0.05, 0) is 51.1 Å². The lowest BCUT2D eigenvalue weighted by Crippen LogP contribution is -2.49. The fraction of sp³-hybridized carbons (Fsp3) is 0.370. The number of sulfonamides is 1. The number of halogens is 1. The molecular formula is C27H31ClN4O7S. The second kappa shape index (κ2) is 11.5. The number of benzene rings is 2. The van der Waals surface area contributed by atoms with E-state index in [1.54, 1.807) is 47.8 Å². The first-order valence-corrected chi connectivity index (χ1v) is 14.4. The third-order valence-corrected chi connectivity index (χ3v) is 8.84. The molecule has 214 valence electrons. The molecule has 0 saturated carbocycles. The Bertz CT molecular complexity index is 1590. The monoisotopic (exact) mass is 590 g/mol. The number of aromatic nitrogens is 2. The number of hydrogen-bond acceptors (Lipinski definition) is 7. The maximum Gasteiger partial charge on any atom is 0.340 e. The van der Waals surface area contributed by atoms with Crippen LogP contribution < -0.4 is 9.86 Å². The second-order valence-electron chi connectivity index (χ2n) is 9.66. The van der Waals surface area contributed by atoms with Crippen molar-refractivity contribution in [2.75, 3.05) is 31.0 Å². The molecule has 2 aromatic carbocycles. The number of rotatable bonds is 7. The molecule has 2 unspecified atom stereocenters. The number of para-hydroxylation sites is 1. The Morgan fingerprint density at radius 2 is 1.73 bits per heavy atom. The highest BCUT2D eigenvalue weighted by Crippen LogP contribution is 2.27. The van der Waals surface area contributed by atoms with E-state index in [0.29, 0.717) is 24.5 Å². The van der Waals surface area contributed by atoms with Crippen LogP contribution in [0.25, 0.3) is 5.69 Å². The van der Waals surface area contributed by atoms with Crippen molar-refractivity contribution in [1.29, 1.82) is 0 Å². The van der Waals surface area contributed by atoms with Crippen LogP contribution >= 0.6 is 11.6 Å². The van der Waals surface area contributed by atoms with Crippen molar-refractivity contribution in [3.8, 4) is 5.69 Å². The van der Waals surface area contributed by atoms with Crippen LogP contribution in [0.2, 0.25) is 5.02 Å². The maximum atomic E-state index is 13.6. The zero-order chi connectivity index (χ0) is 29.4. The van der Waals surface area contributed by atoms with Crippen molar-refractivity contribution in [2.24, 2.45) is 7.05 Å². The molecule has 0 spiro atoms. The minimum Gasteiger partial charge on any atom is -0.452 e. The molecule has 0 N–H and O–H groups in total. The van der Waals surface area contributed by atoms with Crippen molar-refractivity contribution in [3.05, 3.63) is 75.2 Å². The summed E-state index contributed by atoms with van der Waals surface area (Å²) < 4.78 is 41.9. The van der Waals surface area contributed by atoms with Gasteiger partial charge in [-0.3, -0.25) is 18.6 Å². The summed E-state index contributed by atoms with van der Waals surface area (Å²) >= 11 is 6.20. The predicted octanol–water partition coefficient (Wildman–Crippen LogP) is 2.76. The molecule has 1 aromatic heterocycles. The Morgan fingerprint density at radius 3 is 2.35 bits per heavy atom. The van der Waals surface area contributed by atoms with Crippen LogP contribution in [-0.2, 0) is 31.3 Å². The Labute approximate surface area is 237 Å². The van der Waals surface area contributed by atoms with Crippen LogP contribution in [0.5, 0.6) is 0 Å². The Balaban J connectivity index is 1.58. The van der Waals surface area contributed by atoms with Gasteiger partial charge in [0.15, 0.2) is 6.61 Å². The third kappa shape index (κ3) is 5.65. The number of amides is 1. The Kier molecular flexibility index (Phi) is 8.43. The van der Waals surface area contributed by atoms with Crippen molar-refractivity contribution in [3.63, 3.8) is 0 Å². The molecule has 1 saturated heterocycles. The second-order valence-corrected chi connectivity index (χ2v) is 12.0. The minimum absolute atomic E-state index is 0.0463. The molecule has 1 aliphatic heterocycles. The molecule has 40 heavy (non-hydrogen) atoms. The van der Waals surface area contributed by atoms with Crippen LogP contribution in [0.3, 0.4) is 0 Å². The Morgan fingerprint density at radius 1 is 1.10 bits per heavy atom. The van der Waals surface area contributed by atoms with E-state index in [-0.39, 0.29) is 33.4 Å². The van der Waals surface area contributed by atoms with Gasteiger partial charge in [0, 0.05) is 27.2 Å². The quantitative estimate of drug-likeness (QED) is 0.388. The summed E-state index contributed by atoms with van der Waals surface area (Å²) in [7, 11) is -1.38. The molecule has 3 aromatic rings. The fourth-order valence-electron chi connectivity index (χ4n) is 4.69. The first kappa shape index (κ1) is 29.4. The molecule has 0 bridgehead atoms. The summed E-state index contributed by atoms with van der Waals surface area (Å²) in [5.41, 5.74) is 0.182. The van der Waals surface area contributed by atoms with E-state index in [1.807, 2.05) is 19.9 Å². The Hall–Kier alpha value is -3.61. The lowest BCUT2D eigenvalue weighted by Gasteiger charge is -2.35. The van der Waals surface area contributed by atoms with Crippen LogP contribution in [0, 0.1) is 6.92 Å². The average molecular weight is 591 g/mol. The van der Waals surface area contributed by atoms with Gasteiger partial charge in [-0.2, -0.15) is 0 Å². The first-order valence-electron chi connectivity index (χ1n) is 12.6. The summed E-state index contributed by atoms with van der Waals surface area (Å²) in [5, 5.41) is -0.0463. The molecule has 11 nitrogen and oxygen atoms in total. The molecule has 0 aliphatic carbocycles. The molecule has 1 amide bonds. The molecular weight excluding hydrogens is 560 g/mol. The molecule has 0 radical (unpaired) electrons. The molecule has 13 heteroatoms. The number of hydrogen-bond donors (Lipinski definition) is 0. The highest BCUT2D eigenvalue weighted by atomic mass is 35.5. The number of esters is 1. The molecule has 2 heterocycles. The number of morpholine rings is 1. The fourth-order valence-corrected chi connectivity index (χ4v) is 6.16. The van der Waals surface area contributed by atoms with Crippen LogP contribution in [0.4, 0.5) is 5.69 Å². The molecule has 4 rings (SSSR count). The van der Waals surface area contributed by atoms with E-state index in [4.69, 9.17) is 21.1 Å². The lowest BCUT2D eigenvalue weighted by atomic mass is 10.2.